The van der Waals surface area contributed by atoms with Gasteiger partial charge in [0, 0.05) is 5.88 Å². The van der Waals surface area contributed by atoms with Gasteiger partial charge >= 0.3 is 0 Å². The number of hydrogen-bond donors (Lipinski definition) is 2. The molecule has 0 radical (unpaired) electrons. The maximum atomic E-state index is 13.5. The molecular formula is C12H13ClF3NO2. The van der Waals surface area contributed by atoms with Crippen molar-refractivity contribution in [3.63, 3.8) is 0 Å². The van der Waals surface area contributed by atoms with E-state index in [0.29, 0.717) is 12.5 Å². The molecule has 0 saturated heterocycles. The zero-order valence-corrected chi connectivity index (χ0v) is 11.1. The van der Waals surface area contributed by atoms with E-state index in [2.05, 4.69) is 5.32 Å². The fraction of sp³-hybridized carbons (Fsp3) is 0.417. The Morgan fingerprint density at radius 1 is 1.42 bits per heavy atom. The summed E-state index contributed by atoms with van der Waals surface area (Å²) in [7, 11) is 0. The van der Waals surface area contributed by atoms with Crippen LogP contribution in [0.2, 0.25) is 0 Å². The lowest BCUT2D eigenvalue weighted by atomic mass is 10.0. The number of phenols is 1. The van der Waals surface area contributed by atoms with E-state index in [1.165, 1.54) is 0 Å². The van der Waals surface area contributed by atoms with Crippen molar-refractivity contribution in [2.45, 2.75) is 25.8 Å². The minimum Gasteiger partial charge on any atom is -0.503 e. The number of carbonyl (C=O) groups excluding carboxylic acids is 1. The van der Waals surface area contributed by atoms with Crippen molar-refractivity contribution in [2.24, 2.45) is 0 Å². The molecule has 0 aliphatic heterocycles. The Morgan fingerprint density at radius 3 is 2.47 bits per heavy atom. The minimum atomic E-state index is -1.73. The van der Waals surface area contributed by atoms with Crippen molar-refractivity contribution < 1.29 is 23.1 Å². The monoisotopic (exact) mass is 295 g/mol. The standard InChI is InChI=1S/C12H13ClF3NO2/c1-3-12(2,5-13)17-11(19)6-4-7(14)9(16)10(18)8(6)15/h4,18H,3,5H2,1-2H3,(H,17,19). The molecule has 0 spiro atoms. The molecule has 1 rings (SSSR count). The van der Waals surface area contributed by atoms with Gasteiger partial charge in [0.05, 0.1) is 11.1 Å². The van der Waals surface area contributed by atoms with Crippen molar-refractivity contribution in [1.29, 1.82) is 0 Å². The van der Waals surface area contributed by atoms with Crippen LogP contribution >= 0.6 is 11.6 Å². The number of phenolic OH excluding ortho intramolecular Hbond substituents is 1. The summed E-state index contributed by atoms with van der Waals surface area (Å²) in [5, 5.41) is 11.4. The average molecular weight is 296 g/mol. The molecule has 0 saturated carbocycles. The maximum absolute atomic E-state index is 13.5. The Kier molecular flexibility index (Phi) is 4.68. The Bertz CT molecular complexity index is 504. The normalized spacial score (nSPS) is 14.0. The average Bonchev–Trinajstić information content (AvgIpc) is 2.40. The second-order valence-corrected chi connectivity index (χ2v) is 4.65. The molecule has 19 heavy (non-hydrogen) atoms. The third kappa shape index (κ3) is 3.12. The van der Waals surface area contributed by atoms with Gasteiger partial charge in [0.15, 0.2) is 17.4 Å². The summed E-state index contributed by atoms with van der Waals surface area (Å²) in [6, 6.07) is 0.393. The predicted molar refractivity (Wildman–Crippen MR) is 64.9 cm³/mol. The van der Waals surface area contributed by atoms with E-state index >= 15 is 0 Å². The van der Waals surface area contributed by atoms with E-state index in [1.807, 2.05) is 0 Å². The second-order valence-electron chi connectivity index (χ2n) is 4.38. The van der Waals surface area contributed by atoms with Crippen molar-refractivity contribution in [3.05, 3.63) is 29.1 Å². The Balaban J connectivity index is 3.15. The Hall–Kier alpha value is -1.43. The molecular weight excluding hydrogens is 283 g/mol. The highest BCUT2D eigenvalue weighted by Crippen LogP contribution is 2.26. The lowest BCUT2D eigenvalue weighted by Gasteiger charge is -2.27. The van der Waals surface area contributed by atoms with Crippen LogP contribution in [0.5, 0.6) is 5.75 Å². The number of aromatic hydroxyl groups is 1. The predicted octanol–water partition coefficient (Wildman–Crippen LogP) is 2.95. The molecule has 3 nitrogen and oxygen atoms in total. The van der Waals surface area contributed by atoms with Crippen LogP contribution in [0.3, 0.4) is 0 Å². The lowest BCUT2D eigenvalue weighted by molar-refractivity contribution is 0.0906. The fourth-order valence-electron chi connectivity index (χ4n) is 1.31. The molecule has 0 aliphatic carbocycles. The first kappa shape index (κ1) is 15.6. The van der Waals surface area contributed by atoms with Crippen LogP contribution in [0.4, 0.5) is 13.2 Å². The highest BCUT2D eigenvalue weighted by Gasteiger charge is 2.28. The van der Waals surface area contributed by atoms with Crippen molar-refractivity contribution >= 4 is 17.5 Å². The molecule has 0 fully saturated rings. The van der Waals surface area contributed by atoms with Gasteiger partial charge in [-0.3, -0.25) is 4.79 Å². The molecule has 106 valence electrons. The van der Waals surface area contributed by atoms with Crippen LogP contribution in [-0.4, -0.2) is 22.4 Å². The van der Waals surface area contributed by atoms with E-state index < -0.39 is 40.2 Å². The molecule has 1 aromatic carbocycles. The first-order valence-electron chi connectivity index (χ1n) is 5.50. The van der Waals surface area contributed by atoms with E-state index in [1.54, 1.807) is 13.8 Å². The van der Waals surface area contributed by atoms with Gasteiger partial charge in [-0.25, -0.2) is 8.78 Å². The zero-order chi connectivity index (χ0) is 14.8. The molecule has 1 amide bonds. The van der Waals surface area contributed by atoms with Gasteiger partial charge in [0.2, 0.25) is 5.82 Å². The molecule has 0 heterocycles. The molecule has 1 aromatic rings. The van der Waals surface area contributed by atoms with Crippen LogP contribution in [0, 0.1) is 17.5 Å². The largest absolute Gasteiger partial charge is 0.503 e. The summed E-state index contributed by atoms with van der Waals surface area (Å²) < 4.78 is 39.5. The van der Waals surface area contributed by atoms with Gasteiger partial charge in [-0.2, -0.15) is 4.39 Å². The number of nitrogens with one attached hydrogen (secondary N) is 1. The van der Waals surface area contributed by atoms with Crippen LogP contribution in [-0.2, 0) is 0 Å². The number of amides is 1. The Morgan fingerprint density at radius 2 is 2.00 bits per heavy atom. The summed E-state index contributed by atoms with van der Waals surface area (Å²) in [6.45, 7) is 3.37. The van der Waals surface area contributed by atoms with Crippen LogP contribution in [0.25, 0.3) is 0 Å². The first-order valence-corrected chi connectivity index (χ1v) is 6.04. The van der Waals surface area contributed by atoms with Crippen LogP contribution < -0.4 is 5.32 Å². The van der Waals surface area contributed by atoms with Gasteiger partial charge in [0.1, 0.15) is 0 Å². The first-order chi connectivity index (χ1) is 8.75. The van der Waals surface area contributed by atoms with Crippen molar-refractivity contribution in [2.75, 3.05) is 5.88 Å². The topological polar surface area (TPSA) is 49.3 Å². The fourth-order valence-corrected chi connectivity index (χ4v) is 1.57. The molecule has 0 aliphatic rings. The van der Waals surface area contributed by atoms with Gasteiger partial charge in [-0.05, 0) is 19.4 Å². The number of alkyl halides is 1. The summed E-state index contributed by atoms with van der Waals surface area (Å²) in [6.07, 6.45) is 0.458. The van der Waals surface area contributed by atoms with Gasteiger partial charge in [-0.1, -0.05) is 6.92 Å². The van der Waals surface area contributed by atoms with Crippen LogP contribution in [0.1, 0.15) is 30.6 Å². The number of rotatable bonds is 4. The van der Waals surface area contributed by atoms with E-state index in [9.17, 15) is 18.0 Å². The highest BCUT2D eigenvalue weighted by atomic mass is 35.5. The molecule has 0 aromatic heterocycles. The number of halogens is 4. The third-order valence-electron chi connectivity index (χ3n) is 2.87. The molecule has 1 unspecified atom stereocenters. The van der Waals surface area contributed by atoms with Gasteiger partial charge in [0.25, 0.3) is 5.91 Å². The lowest BCUT2D eigenvalue weighted by Crippen LogP contribution is -2.47. The quantitative estimate of drug-likeness (QED) is 0.663. The summed E-state index contributed by atoms with van der Waals surface area (Å²) >= 11 is 5.68. The van der Waals surface area contributed by atoms with E-state index in [4.69, 9.17) is 16.7 Å². The smallest absolute Gasteiger partial charge is 0.254 e. The summed E-state index contributed by atoms with van der Waals surface area (Å²) in [5.74, 6) is -7.18. The SMILES string of the molecule is CCC(C)(CCl)NC(=O)c1cc(F)c(F)c(O)c1F. The Labute approximate surface area is 113 Å². The molecule has 1 atom stereocenters. The molecule has 0 bridgehead atoms. The van der Waals surface area contributed by atoms with E-state index in [-0.39, 0.29) is 5.88 Å². The minimum absolute atomic E-state index is 0.0620. The third-order valence-corrected chi connectivity index (χ3v) is 3.46. The molecule has 7 heteroatoms. The van der Waals surface area contributed by atoms with Crippen molar-refractivity contribution in [3.8, 4) is 5.75 Å². The van der Waals surface area contributed by atoms with Crippen molar-refractivity contribution in [1.82, 2.24) is 5.32 Å². The summed E-state index contributed by atoms with van der Waals surface area (Å²) in [4.78, 5) is 11.8. The number of carbonyl (C=O) groups is 1. The van der Waals surface area contributed by atoms with Gasteiger partial charge < -0.3 is 10.4 Å². The van der Waals surface area contributed by atoms with Crippen LogP contribution in [0.15, 0.2) is 6.07 Å². The maximum Gasteiger partial charge on any atom is 0.254 e. The summed E-state index contributed by atoms with van der Waals surface area (Å²) in [5.41, 5.74) is -1.59. The van der Waals surface area contributed by atoms with Gasteiger partial charge in [-0.15, -0.1) is 11.6 Å². The van der Waals surface area contributed by atoms with E-state index in [0.717, 1.165) is 0 Å². The molecule has 2 N–H and O–H groups in total. The number of benzene rings is 1. The zero-order valence-electron chi connectivity index (χ0n) is 10.4. The highest BCUT2D eigenvalue weighted by molar-refractivity contribution is 6.18. The second kappa shape index (κ2) is 5.69. The number of hydrogen-bond acceptors (Lipinski definition) is 2.